The fraction of sp³-hybridized carbons (Fsp3) is 0.111. The van der Waals surface area contributed by atoms with Crippen LogP contribution in [0.15, 0.2) is 57.7 Å². The predicted octanol–water partition coefficient (Wildman–Crippen LogP) is 3.27. The van der Waals surface area contributed by atoms with Crippen molar-refractivity contribution in [2.24, 2.45) is 0 Å². The molecular formula is C18H14N2O3. The molecule has 0 aliphatic carbocycles. The zero-order valence-electron chi connectivity index (χ0n) is 12.5. The SMILES string of the molecule is COc1ccc(Cc2nc3c([nH]2)c(=O)oc2ccccc23)cc1. The molecule has 5 nitrogen and oxygen atoms in total. The zero-order valence-corrected chi connectivity index (χ0v) is 12.5. The Morgan fingerprint density at radius 3 is 2.70 bits per heavy atom. The van der Waals surface area contributed by atoms with E-state index in [0.717, 1.165) is 22.5 Å². The molecule has 0 bridgehead atoms. The Morgan fingerprint density at radius 1 is 1.13 bits per heavy atom. The summed E-state index contributed by atoms with van der Waals surface area (Å²) in [6.45, 7) is 0. The highest BCUT2D eigenvalue weighted by Crippen LogP contribution is 2.22. The van der Waals surface area contributed by atoms with Gasteiger partial charge < -0.3 is 14.1 Å². The van der Waals surface area contributed by atoms with E-state index in [1.165, 1.54) is 0 Å². The fourth-order valence-corrected chi connectivity index (χ4v) is 2.69. The highest BCUT2D eigenvalue weighted by molar-refractivity contribution is 6.00. The number of rotatable bonds is 3. The Kier molecular flexibility index (Phi) is 3.12. The standard InChI is InChI=1S/C18H14N2O3/c1-22-12-8-6-11(7-9-12)10-15-19-16-13-4-2-3-5-14(13)23-18(21)17(16)20-15/h2-9H,10H2,1H3,(H,19,20). The molecule has 0 fully saturated rings. The summed E-state index contributed by atoms with van der Waals surface area (Å²) in [5.74, 6) is 1.54. The minimum atomic E-state index is -0.396. The van der Waals surface area contributed by atoms with Gasteiger partial charge in [0.25, 0.3) is 0 Å². The van der Waals surface area contributed by atoms with Crippen LogP contribution in [0.25, 0.3) is 22.0 Å². The maximum atomic E-state index is 12.1. The lowest BCUT2D eigenvalue weighted by Gasteiger charge is -2.01. The summed E-state index contributed by atoms with van der Waals surface area (Å²) in [6, 6.07) is 15.2. The van der Waals surface area contributed by atoms with E-state index in [2.05, 4.69) is 9.97 Å². The van der Waals surface area contributed by atoms with E-state index in [9.17, 15) is 4.79 Å². The number of imidazole rings is 1. The molecule has 0 radical (unpaired) electrons. The van der Waals surface area contributed by atoms with Gasteiger partial charge in [-0.05, 0) is 29.8 Å². The van der Waals surface area contributed by atoms with E-state index < -0.39 is 5.63 Å². The van der Waals surface area contributed by atoms with Crippen LogP contribution in [0.5, 0.6) is 5.75 Å². The number of aromatic amines is 1. The molecule has 23 heavy (non-hydrogen) atoms. The fourth-order valence-electron chi connectivity index (χ4n) is 2.69. The number of nitrogens with zero attached hydrogens (tertiary/aromatic N) is 1. The molecule has 0 unspecified atom stereocenters. The number of fused-ring (bicyclic) bond motifs is 3. The topological polar surface area (TPSA) is 68.1 Å². The van der Waals surface area contributed by atoms with Crippen LogP contribution in [0.3, 0.4) is 0 Å². The Hall–Kier alpha value is -3.08. The Balaban J connectivity index is 1.80. The average Bonchev–Trinajstić information content (AvgIpc) is 3.00. The summed E-state index contributed by atoms with van der Waals surface area (Å²) in [7, 11) is 1.64. The number of benzene rings is 2. The molecule has 2 aromatic heterocycles. The molecule has 2 aromatic carbocycles. The number of aromatic nitrogens is 2. The van der Waals surface area contributed by atoms with Crippen molar-refractivity contribution < 1.29 is 9.15 Å². The molecule has 2 heterocycles. The summed E-state index contributed by atoms with van der Waals surface area (Å²) in [5.41, 5.74) is 2.30. The van der Waals surface area contributed by atoms with Crippen molar-refractivity contribution in [2.45, 2.75) is 6.42 Å². The molecule has 0 atom stereocenters. The normalized spacial score (nSPS) is 11.2. The second kappa shape index (κ2) is 5.28. The third-order valence-corrected chi connectivity index (χ3v) is 3.83. The average molecular weight is 306 g/mol. The van der Waals surface area contributed by atoms with E-state index in [1.807, 2.05) is 42.5 Å². The summed E-state index contributed by atoms with van der Waals surface area (Å²) in [5, 5.41) is 0.833. The first-order chi connectivity index (χ1) is 11.2. The lowest BCUT2D eigenvalue weighted by molar-refractivity contribution is 0.414. The van der Waals surface area contributed by atoms with Crippen molar-refractivity contribution in [2.75, 3.05) is 7.11 Å². The molecule has 4 rings (SSSR count). The highest BCUT2D eigenvalue weighted by Gasteiger charge is 2.12. The molecular weight excluding hydrogens is 292 g/mol. The van der Waals surface area contributed by atoms with Gasteiger partial charge in [-0.15, -0.1) is 0 Å². The van der Waals surface area contributed by atoms with Gasteiger partial charge in [-0.25, -0.2) is 9.78 Å². The third-order valence-electron chi connectivity index (χ3n) is 3.83. The molecule has 0 saturated heterocycles. The second-order valence-electron chi connectivity index (χ2n) is 5.32. The molecule has 0 amide bonds. The molecule has 0 saturated carbocycles. The number of H-pyrrole nitrogens is 1. The van der Waals surface area contributed by atoms with E-state index in [-0.39, 0.29) is 0 Å². The van der Waals surface area contributed by atoms with Crippen LogP contribution in [-0.2, 0) is 6.42 Å². The largest absolute Gasteiger partial charge is 0.497 e. The predicted molar refractivity (Wildman–Crippen MR) is 87.9 cm³/mol. The molecule has 1 N–H and O–H groups in total. The molecule has 5 heteroatoms. The smallest absolute Gasteiger partial charge is 0.362 e. The number of hydrogen-bond acceptors (Lipinski definition) is 4. The minimum Gasteiger partial charge on any atom is -0.497 e. The maximum Gasteiger partial charge on any atom is 0.362 e. The Morgan fingerprint density at radius 2 is 1.91 bits per heavy atom. The van der Waals surface area contributed by atoms with E-state index in [0.29, 0.717) is 23.0 Å². The van der Waals surface area contributed by atoms with Crippen LogP contribution in [0.4, 0.5) is 0 Å². The quantitative estimate of drug-likeness (QED) is 0.590. The van der Waals surface area contributed by atoms with Gasteiger partial charge >= 0.3 is 5.63 Å². The van der Waals surface area contributed by atoms with Crippen LogP contribution in [-0.4, -0.2) is 17.1 Å². The number of hydrogen-bond donors (Lipinski definition) is 1. The summed E-state index contributed by atoms with van der Waals surface area (Å²) in [6.07, 6.45) is 0.604. The van der Waals surface area contributed by atoms with Crippen LogP contribution < -0.4 is 10.4 Å². The second-order valence-corrected chi connectivity index (χ2v) is 5.32. The number of para-hydroxylation sites is 1. The van der Waals surface area contributed by atoms with E-state index in [1.54, 1.807) is 13.2 Å². The molecule has 114 valence electrons. The minimum absolute atomic E-state index is 0.396. The first kappa shape index (κ1) is 13.6. The Labute approximate surface area is 131 Å². The highest BCUT2D eigenvalue weighted by atomic mass is 16.5. The maximum absolute atomic E-state index is 12.1. The van der Waals surface area contributed by atoms with Crippen LogP contribution in [0, 0.1) is 0 Å². The monoisotopic (exact) mass is 306 g/mol. The van der Waals surface area contributed by atoms with Crippen LogP contribution in [0.2, 0.25) is 0 Å². The van der Waals surface area contributed by atoms with Crippen molar-refractivity contribution in [3.05, 3.63) is 70.3 Å². The van der Waals surface area contributed by atoms with Gasteiger partial charge in [-0.1, -0.05) is 24.3 Å². The lowest BCUT2D eigenvalue weighted by Crippen LogP contribution is -1.99. The van der Waals surface area contributed by atoms with Gasteiger partial charge in [0.05, 0.1) is 7.11 Å². The van der Waals surface area contributed by atoms with Gasteiger partial charge in [-0.2, -0.15) is 0 Å². The van der Waals surface area contributed by atoms with Crippen molar-refractivity contribution in [1.29, 1.82) is 0 Å². The Bertz CT molecular complexity index is 1050. The van der Waals surface area contributed by atoms with Crippen molar-refractivity contribution in [1.82, 2.24) is 9.97 Å². The van der Waals surface area contributed by atoms with Gasteiger partial charge in [0.1, 0.15) is 22.7 Å². The molecule has 0 aliphatic heterocycles. The third kappa shape index (κ3) is 2.36. The first-order valence-corrected chi connectivity index (χ1v) is 7.28. The zero-order chi connectivity index (χ0) is 15.8. The van der Waals surface area contributed by atoms with E-state index >= 15 is 0 Å². The molecule has 4 aromatic rings. The van der Waals surface area contributed by atoms with Gasteiger partial charge in [-0.3, -0.25) is 0 Å². The number of ether oxygens (including phenoxy) is 1. The van der Waals surface area contributed by atoms with Gasteiger partial charge in [0.15, 0.2) is 5.52 Å². The van der Waals surface area contributed by atoms with Crippen molar-refractivity contribution in [3.63, 3.8) is 0 Å². The van der Waals surface area contributed by atoms with Crippen LogP contribution >= 0.6 is 0 Å². The van der Waals surface area contributed by atoms with Crippen LogP contribution in [0.1, 0.15) is 11.4 Å². The molecule has 0 spiro atoms. The summed E-state index contributed by atoms with van der Waals surface area (Å²) in [4.78, 5) is 19.8. The first-order valence-electron chi connectivity index (χ1n) is 7.28. The molecule has 0 aliphatic rings. The van der Waals surface area contributed by atoms with Crippen molar-refractivity contribution >= 4 is 22.0 Å². The summed E-state index contributed by atoms with van der Waals surface area (Å²) < 4.78 is 10.5. The van der Waals surface area contributed by atoms with Gasteiger partial charge in [0, 0.05) is 11.8 Å². The number of methoxy groups -OCH3 is 1. The lowest BCUT2D eigenvalue weighted by atomic mass is 10.1. The summed E-state index contributed by atoms with van der Waals surface area (Å²) >= 11 is 0. The number of nitrogens with one attached hydrogen (secondary N) is 1. The van der Waals surface area contributed by atoms with Gasteiger partial charge in [0.2, 0.25) is 0 Å². The van der Waals surface area contributed by atoms with E-state index in [4.69, 9.17) is 9.15 Å². The van der Waals surface area contributed by atoms with Crippen molar-refractivity contribution in [3.8, 4) is 5.75 Å².